The van der Waals surface area contributed by atoms with Crippen LogP contribution in [0.3, 0.4) is 0 Å². The monoisotopic (exact) mass is 259 g/mol. The Labute approximate surface area is 104 Å². The fourth-order valence-corrected chi connectivity index (χ4v) is 2.14. The molecule has 0 spiro atoms. The number of alkyl halides is 3. The van der Waals surface area contributed by atoms with E-state index in [0.29, 0.717) is 12.6 Å². The highest BCUT2D eigenvalue weighted by atomic mass is 19.4. The highest BCUT2D eigenvalue weighted by Crippen LogP contribution is 2.33. The van der Waals surface area contributed by atoms with Gasteiger partial charge in [0.1, 0.15) is 5.82 Å². The topological polar surface area (TPSA) is 37.0 Å². The number of rotatable bonds is 4. The summed E-state index contributed by atoms with van der Waals surface area (Å²) in [6, 6.07) is 2.76. The highest BCUT2D eigenvalue weighted by Gasteiger charge is 2.33. The van der Waals surface area contributed by atoms with Crippen LogP contribution >= 0.6 is 0 Å². The van der Waals surface area contributed by atoms with E-state index in [-0.39, 0.29) is 5.82 Å². The highest BCUT2D eigenvalue weighted by molar-refractivity contribution is 5.45. The molecule has 0 aliphatic carbocycles. The van der Waals surface area contributed by atoms with E-state index in [0.717, 1.165) is 31.9 Å². The molecule has 0 aromatic carbocycles. The summed E-state index contributed by atoms with van der Waals surface area (Å²) >= 11 is 0. The van der Waals surface area contributed by atoms with Crippen molar-refractivity contribution in [2.45, 2.75) is 31.5 Å². The normalized spacial score (nSPS) is 20.1. The molecule has 0 bridgehead atoms. The molecule has 0 unspecified atom stereocenters. The molecule has 2 heterocycles. The molecule has 0 saturated carbocycles. The van der Waals surface area contributed by atoms with Gasteiger partial charge >= 0.3 is 6.18 Å². The molecule has 1 atom stereocenters. The summed E-state index contributed by atoms with van der Waals surface area (Å²) in [5, 5.41) is 6.08. The summed E-state index contributed by atoms with van der Waals surface area (Å²) in [7, 11) is 0. The molecular formula is C12H16F3N3. The van der Waals surface area contributed by atoms with Gasteiger partial charge in [-0.2, -0.15) is 13.2 Å². The number of hydrogen-bond donors (Lipinski definition) is 2. The molecule has 1 aromatic heterocycles. The zero-order chi connectivity index (χ0) is 13.0. The van der Waals surface area contributed by atoms with E-state index in [2.05, 4.69) is 15.6 Å². The molecular weight excluding hydrogens is 243 g/mol. The van der Waals surface area contributed by atoms with Gasteiger partial charge in [-0.3, -0.25) is 0 Å². The third kappa shape index (κ3) is 3.35. The summed E-state index contributed by atoms with van der Waals surface area (Å²) in [5.41, 5.74) is -0.704. The summed E-state index contributed by atoms with van der Waals surface area (Å²) in [6.07, 6.45) is 0.0551. The van der Waals surface area contributed by atoms with Crippen LogP contribution in [-0.4, -0.2) is 24.1 Å². The first-order chi connectivity index (χ1) is 8.57. The number of pyridine rings is 1. The van der Waals surface area contributed by atoms with Gasteiger partial charge in [0.15, 0.2) is 0 Å². The van der Waals surface area contributed by atoms with Crippen molar-refractivity contribution in [3.8, 4) is 0 Å². The minimum absolute atomic E-state index is 0.0806. The van der Waals surface area contributed by atoms with Crippen LogP contribution in [0.15, 0.2) is 18.3 Å². The van der Waals surface area contributed by atoms with Crippen LogP contribution in [0.25, 0.3) is 0 Å². The Morgan fingerprint density at radius 3 is 2.94 bits per heavy atom. The summed E-state index contributed by atoms with van der Waals surface area (Å²) < 4.78 is 38.1. The Hall–Kier alpha value is -1.30. The second-order valence-electron chi connectivity index (χ2n) is 4.41. The van der Waals surface area contributed by atoms with E-state index in [1.165, 1.54) is 12.3 Å². The number of anilines is 1. The molecule has 2 rings (SSSR count). The molecule has 2 N–H and O–H groups in total. The van der Waals surface area contributed by atoms with Crippen LogP contribution in [0.2, 0.25) is 0 Å². The lowest BCUT2D eigenvalue weighted by Gasteiger charge is -2.14. The molecule has 0 amide bonds. The van der Waals surface area contributed by atoms with Gasteiger partial charge in [-0.05, 0) is 37.9 Å². The Balaban J connectivity index is 1.92. The summed E-state index contributed by atoms with van der Waals surface area (Å²) in [6.45, 7) is 1.50. The average Bonchev–Trinajstić information content (AvgIpc) is 2.81. The van der Waals surface area contributed by atoms with Crippen LogP contribution < -0.4 is 10.6 Å². The first-order valence-electron chi connectivity index (χ1n) is 6.07. The van der Waals surface area contributed by atoms with E-state index in [4.69, 9.17) is 0 Å². The van der Waals surface area contributed by atoms with Crippen molar-refractivity contribution < 1.29 is 13.2 Å². The van der Waals surface area contributed by atoms with Crippen LogP contribution in [-0.2, 0) is 6.18 Å². The first-order valence-corrected chi connectivity index (χ1v) is 6.07. The summed E-state index contributed by atoms with van der Waals surface area (Å²) in [4.78, 5) is 3.76. The lowest BCUT2D eigenvalue weighted by molar-refractivity contribution is -0.137. The van der Waals surface area contributed by atoms with Crippen molar-refractivity contribution in [2.24, 2.45) is 0 Å². The fourth-order valence-electron chi connectivity index (χ4n) is 2.14. The largest absolute Gasteiger partial charge is 0.419 e. The van der Waals surface area contributed by atoms with Gasteiger partial charge in [0.2, 0.25) is 0 Å². The lowest BCUT2D eigenvalue weighted by Crippen LogP contribution is -2.24. The number of nitrogens with zero attached hydrogens (tertiary/aromatic N) is 1. The molecule has 0 radical (unpaired) electrons. The molecule has 1 saturated heterocycles. The molecule has 1 fully saturated rings. The maximum absolute atomic E-state index is 12.7. The van der Waals surface area contributed by atoms with Gasteiger partial charge in [-0.25, -0.2) is 4.98 Å². The van der Waals surface area contributed by atoms with Crippen molar-refractivity contribution in [2.75, 3.05) is 18.4 Å². The van der Waals surface area contributed by atoms with Gasteiger partial charge in [-0.1, -0.05) is 0 Å². The van der Waals surface area contributed by atoms with Crippen molar-refractivity contribution in [3.63, 3.8) is 0 Å². The zero-order valence-electron chi connectivity index (χ0n) is 9.93. The van der Waals surface area contributed by atoms with Crippen molar-refractivity contribution in [1.82, 2.24) is 10.3 Å². The Morgan fingerprint density at radius 1 is 1.44 bits per heavy atom. The SMILES string of the molecule is FC(F)(F)c1cccnc1NCC[C@H]1CCCN1. The predicted molar refractivity (Wildman–Crippen MR) is 63.4 cm³/mol. The smallest absolute Gasteiger partial charge is 0.370 e. The quantitative estimate of drug-likeness (QED) is 0.872. The molecule has 18 heavy (non-hydrogen) atoms. The molecule has 3 nitrogen and oxygen atoms in total. The van der Waals surface area contributed by atoms with Crippen molar-refractivity contribution in [3.05, 3.63) is 23.9 Å². The van der Waals surface area contributed by atoms with Gasteiger partial charge in [-0.15, -0.1) is 0 Å². The molecule has 1 aliphatic heterocycles. The van der Waals surface area contributed by atoms with Gasteiger partial charge in [0.05, 0.1) is 5.56 Å². The van der Waals surface area contributed by atoms with E-state index in [1.54, 1.807) is 0 Å². The van der Waals surface area contributed by atoms with E-state index >= 15 is 0 Å². The minimum Gasteiger partial charge on any atom is -0.370 e. The molecule has 1 aliphatic rings. The standard InChI is InChI=1S/C12H16F3N3/c13-12(14,15)10-4-2-7-17-11(10)18-8-5-9-3-1-6-16-9/h2,4,7,9,16H,1,3,5-6,8H2,(H,17,18)/t9-/m1/s1. The number of hydrogen-bond acceptors (Lipinski definition) is 3. The predicted octanol–water partition coefficient (Wildman–Crippen LogP) is 2.65. The lowest BCUT2D eigenvalue weighted by atomic mass is 10.1. The number of halogens is 3. The number of nitrogens with one attached hydrogen (secondary N) is 2. The Kier molecular flexibility index (Phi) is 4.06. The van der Waals surface area contributed by atoms with E-state index < -0.39 is 11.7 Å². The average molecular weight is 259 g/mol. The molecule has 1 aromatic rings. The van der Waals surface area contributed by atoms with Crippen LogP contribution in [0.1, 0.15) is 24.8 Å². The third-order valence-corrected chi connectivity index (χ3v) is 3.06. The maximum Gasteiger partial charge on any atom is 0.419 e. The Bertz CT molecular complexity index is 386. The second-order valence-corrected chi connectivity index (χ2v) is 4.41. The maximum atomic E-state index is 12.7. The third-order valence-electron chi connectivity index (χ3n) is 3.06. The van der Waals surface area contributed by atoms with Gasteiger partial charge in [0, 0.05) is 18.8 Å². The number of aromatic nitrogens is 1. The summed E-state index contributed by atoms with van der Waals surface area (Å²) in [5.74, 6) is -0.0806. The van der Waals surface area contributed by atoms with E-state index in [9.17, 15) is 13.2 Å². The van der Waals surface area contributed by atoms with Gasteiger partial charge < -0.3 is 10.6 Å². The Morgan fingerprint density at radius 2 is 2.28 bits per heavy atom. The first kappa shape index (κ1) is 13.1. The second kappa shape index (κ2) is 5.56. The van der Waals surface area contributed by atoms with Gasteiger partial charge in [0.25, 0.3) is 0 Å². The minimum atomic E-state index is -4.36. The van der Waals surface area contributed by atoms with Crippen LogP contribution in [0.4, 0.5) is 19.0 Å². The van der Waals surface area contributed by atoms with Crippen LogP contribution in [0, 0.1) is 0 Å². The van der Waals surface area contributed by atoms with Crippen molar-refractivity contribution >= 4 is 5.82 Å². The van der Waals surface area contributed by atoms with E-state index in [1.807, 2.05) is 0 Å². The fraction of sp³-hybridized carbons (Fsp3) is 0.583. The zero-order valence-corrected chi connectivity index (χ0v) is 9.93. The van der Waals surface area contributed by atoms with Crippen LogP contribution in [0.5, 0.6) is 0 Å². The molecule has 6 heteroatoms. The molecule has 100 valence electrons. The van der Waals surface area contributed by atoms with Crippen molar-refractivity contribution in [1.29, 1.82) is 0 Å².